The third kappa shape index (κ3) is 4.61. The number of hydrogen-bond acceptors (Lipinski definition) is 0. The van der Waals surface area contributed by atoms with Gasteiger partial charge in [-0.25, -0.2) is 0 Å². The molecule has 0 fully saturated rings. The second-order valence-electron chi connectivity index (χ2n) is 13.2. The minimum atomic E-state index is 1.22. The predicted octanol–water partition coefficient (Wildman–Crippen LogP) is 14.1. The average molecular weight is 633 g/mol. The number of fused-ring (bicyclic) bond motifs is 5. The molecule has 0 unspecified atom stereocenters. The van der Waals surface area contributed by atoms with Gasteiger partial charge in [-0.3, -0.25) is 0 Å². The summed E-state index contributed by atoms with van der Waals surface area (Å²) in [5.41, 5.74) is 9.97. The van der Waals surface area contributed by atoms with Crippen molar-refractivity contribution in [3.05, 3.63) is 194 Å². The van der Waals surface area contributed by atoms with Crippen LogP contribution in [0.1, 0.15) is 0 Å². The van der Waals surface area contributed by atoms with Crippen LogP contribution < -0.4 is 0 Å². The van der Waals surface area contributed by atoms with Gasteiger partial charge in [0.2, 0.25) is 0 Å². The normalized spacial score (nSPS) is 11.6. The largest absolute Gasteiger partial charge is 0.0616 e. The lowest BCUT2D eigenvalue weighted by atomic mass is 9.84. The van der Waals surface area contributed by atoms with Crippen LogP contribution in [0.4, 0.5) is 0 Å². The van der Waals surface area contributed by atoms with Crippen molar-refractivity contribution in [3.63, 3.8) is 0 Å². The molecule has 10 aromatic rings. The fourth-order valence-corrected chi connectivity index (χ4v) is 8.08. The SMILES string of the molecule is c1ccc2cc(-c3c4ccccc4c(-c4ccc(-c5cccc6ccccc56)cc4)c4ccc(-c5cccc6ccccc56)cc34)ccc2c1. The summed E-state index contributed by atoms with van der Waals surface area (Å²) < 4.78 is 0. The lowest BCUT2D eigenvalue weighted by Crippen LogP contribution is -1.92. The number of benzene rings is 10. The maximum absolute atomic E-state index is 2.43. The number of rotatable bonds is 4. The zero-order chi connectivity index (χ0) is 33.0. The fraction of sp³-hybridized carbons (Fsp3) is 0. The molecule has 0 saturated carbocycles. The second kappa shape index (κ2) is 11.6. The predicted molar refractivity (Wildman–Crippen MR) is 216 cm³/mol. The third-order valence-corrected chi connectivity index (χ3v) is 10.4. The van der Waals surface area contributed by atoms with Crippen LogP contribution in [0.15, 0.2) is 194 Å². The van der Waals surface area contributed by atoms with Gasteiger partial charge in [0.1, 0.15) is 0 Å². The summed E-state index contributed by atoms with van der Waals surface area (Å²) in [6.45, 7) is 0. The van der Waals surface area contributed by atoms with E-state index < -0.39 is 0 Å². The van der Waals surface area contributed by atoms with Crippen molar-refractivity contribution in [1.29, 1.82) is 0 Å². The second-order valence-corrected chi connectivity index (χ2v) is 13.2. The van der Waals surface area contributed by atoms with Crippen LogP contribution >= 0.6 is 0 Å². The molecule has 0 atom stereocenters. The molecular formula is C50H32. The summed E-state index contributed by atoms with van der Waals surface area (Å²) in [6.07, 6.45) is 0. The van der Waals surface area contributed by atoms with Gasteiger partial charge in [0.25, 0.3) is 0 Å². The van der Waals surface area contributed by atoms with Crippen molar-refractivity contribution in [2.24, 2.45) is 0 Å². The molecule has 0 nitrogen and oxygen atoms in total. The summed E-state index contributed by atoms with van der Waals surface area (Å²) in [5.74, 6) is 0. The van der Waals surface area contributed by atoms with Crippen molar-refractivity contribution in [3.8, 4) is 44.5 Å². The zero-order valence-corrected chi connectivity index (χ0v) is 27.5. The molecule has 0 bridgehead atoms. The van der Waals surface area contributed by atoms with E-state index in [1.165, 1.54) is 98.4 Å². The maximum atomic E-state index is 2.43. The van der Waals surface area contributed by atoms with E-state index in [4.69, 9.17) is 0 Å². The minimum Gasteiger partial charge on any atom is -0.0616 e. The van der Waals surface area contributed by atoms with Crippen molar-refractivity contribution in [2.75, 3.05) is 0 Å². The Hall–Kier alpha value is -6.50. The Kier molecular flexibility index (Phi) is 6.60. The van der Waals surface area contributed by atoms with Gasteiger partial charge in [0.15, 0.2) is 0 Å². The van der Waals surface area contributed by atoms with Gasteiger partial charge in [-0.1, -0.05) is 182 Å². The Morgan fingerprint density at radius 3 is 1.30 bits per heavy atom. The molecule has 0 saturated heterocycles. The molecule has 232 valence electrons. The Morgan fingerprint density at radius 2 is 0.640 bits per heavy atom. The summed E-state index contributed by atoms with van der Waals surface area (Å²) in [5, 5.41) is 12.6. The molecule has 0 radical (unpaired) electrons. The molecule has 0 aliphatic heterocycles. The van der Waals surface area contributed by atoms with E-state index >= 15 is 0 Å². The highest BCUT2D eigenvalue weighted by molar-refractivity contribution is 6.22. The lowest BCUT2D eigenvalue weighted by molar-refractivity contribution is 1.63. The Balaban J connectivity index is 1.25. The standard InChI is InChI=1S/C50H32/c1-2-14-38-31-40(28-23-33(38)11-1)50-46-20-8-7-19-45(46)49(37-26-24-36(25-27-37)43-21-9-15-34-12-3-5-17-41(34)43)47-30-29-39(32-48(47)50)44-22-10-16-35-13-4-6-18-42(35)44/h1-32H. The minimum absolute atomic E-state index is 1.22. The quantitative estimate of drug-likeness (QED) is 0.169. The molecule has 0 amide bonds. The Bertz CT molecular complexity index is 2900. The van der Waals surface area contributed by atoms with Gasteiger partial charge in [0.05, 0.1) is 0 Å². The van der Waals surface area contributed by atoms with Crippen LogP contribution in [0.25, 0.3) is 98.4 Å². The van der Waals surface area contributed by atoms with E-state index in [0.29, 0.717) is 0 Å². The van der Waals surface area contributed by atoms with Gasteiger partial charge in [-0.2, -0.15) is 0 Å². The monoisotopic (exact) mass is 632 g/mol. The average Bonchev–Trinajstić information content (AvgIpc) is 3.19. The van der Waals surface area contributed by atoms with Crippen LogP contribution in [-0.4, -0.2) is 0 Å². The Labute approximate surface area is 291 Å². The van der Waals surface area contributed by atoms with Crippen LogP contribution in [0.5, 0.6) is 0 Å². The first-order chi connectivity index (χ1) is 24.8. The molecule has 0 aliphatic carbocycles. The van der Waals surface area contributed by atoms with E-state index in [-0.39, 0.29) is 0 Å². The zero-order valence-electron chi connectivity index (χ0n) is 27.5. The van der Waals surface area contributed by atoms with Crippen molar-refractivity contribution in [1.82, 2.24) is 0 Å². The highest BCUT2D eigenvalue weighted by atomic mass is 14.2. The van der Waals surface area contributed by atoms with E-state index in [1.807, 2.05) is 0 Å². The molecule has 50 heavy (non-hydrogen) atoms. The van der Waals surface area contributed by atoms with E-state index in [0.717, 1.165) is 0 Å². The van der Waals surface area contributed by atoms with Crippen molar-refractivity contribution in [2.45, 2.75) is 0 Å². The van der Waals surface area contributed by atoms with Gasteiger partial charge in [0, 0.05) is 0 Å². The molecule has 0 spiro atoms. The van der Waals surface area contributed by atoms with Crippen LogP contribution in [-0.2, 0) is 0 Å². The first-order valence-electron chi connectivity index (χ1n) is 17.3. The van der Waals surface area contributed by atoms with E-state index in [9.17, 15) is 0 Å². The molecule has 10 rings (SSSR count). The van der Waals surface area contributed by atoms with Gasteiger partial charge < -0.3 is 0 Å². The molecule has 0 aliphatic rings. The highest BCUT2D eigenvalue weighted by Crippen LogP contribution is 2.46. The summed E-state index contributed by atoms with van der Waals surface area (Å²) >= 11 is 0. The Morgan fingerprint density at radius 1 is 0.200 bits per heavy atom. The van der Waals surface area contributed by atoms with Gasteiger partial charge in [-0.05, 0) is 111 Å². The molecule has 0 N–H and O–H groups in total. The smallest absolute Gasteiger partial charge is 0.00259 e. The number of hydrogen-bond donors (Lipinski definition) is 0. The molecular weight excluding hydrogens is 601 g/mol. The topological polar surface area (TPSA) is 0 Å². The summed E-state index contributed by atoms with van der Waals surface area (Å²) in [4.78, 5) is 0. The molecule has 0 heterocycles. The first kappa shape index (κ1) is 28.5. The highest BCUT2D eigenvalue weighted by Gasteiger charge is 2.18. The lowest BCUT2D eigenvalue weighted by Gasteiger charge is -2.19. The van der Waals surface area contributed by atoms with Crippen LogP contribution in [0.2, 0.25) is 0 Å². The van der Waals surface area contributed by atoms with E-state index in [1.54, 1.807) is 0 Å². The first-order valence-corrected chi connectivity index (χ1v) is 17.3. The third-order valence-electron chi connectivity index (χ3n) is 10.4. The van der Waals surface area contributed by atoms with Gasteiger partial charge in [-0.15, -0.1) is 0 Å². The van der Waals surface area contributed by atoms with Crippen molar-refractivity contribution >= 4 is 53.9 Å². The molecule has 0 aromatic heterocycles. The summed E-state index contributed by atoms with van der Waals surface area (Å²) in [7, 11) is 0. The van der Waals surface area contributed by atoms with E-state index in [2.05, 4.69) is 194 Å². The van der Waals surface area contributed by atoms with Gasteiger partial charge >= 0.3 is 0 Å². The maximum Gasteiger partial charge on any atom is -0.00259 e. The molecule has 10 aromatic carbocycles. The molecule has 0 heteroatoms. The van der Waals surface area contributed by atoms with Crippen molar-refractivity contribution < 1.29 is 0 Å². The van der Waals surface area contributed by atoms with Crippen LogP contribution in [0.3, 0.4) is 0 Å². The fourth-order valence-electron chi connectivity index (χ4n) is 8.08. The van der Waals surface area contributed by atoms with Crippen LogP contribution in [0, 0.1) is 0 Å². The summed E-state index contributed by atoms with van der Waals surface area (Å²) in [6, 6.07) is 71.4.